The molecule has 1 aliphatic heterocycles. The van der Waals surface area contributed by atoms with Gasteiger partial charge in [0, 0.05) is 18.3 Å². The molecule has 1 aromatic rings. The summed E-state index contributed by atoms with van der Waals surface area (Å²) in [5.74, 6) is -0.277. The van der Waals surface area contributed by atoms with E-state index in [1.54, 1.807) is 17.9 Å². The van der Waals surface area contributed by atoms with Gasteiger partial charge in [0.15, 0.2) is 9.84 Å². The van der Waals surface area contributed by atoms with Gasteiger partial charge in [-0.2, -0.15) is 0 Å². The van der Waals surface area contributed by atoms with Crippen molar-refractivity contribution in [2.75, 3.05) is 18.1 Å². The Morgan fingerprint density at radius 3 is 2.68 bits per heavy atom. The van der Waals surface area contributed by atoms with Gasteiger partial charge in [-0.3, -0.25) is 9.59 Å². The van der Waals surface area contributed by atoms with Crippen molar-refractivity contribution in [1.29, 1.82) is 0 Å². The lowest BCUT2D eigenvalue weighted by atomic mass is 10.1. The molecule has 0 radical (unpaired) electrons. The highest BCUT2D eigenvalue weighted by Gasteiger charge is 2.35. The summed E-state index contributed by atoms with van der Waals surface area (Å²) in [6.45, 7) is 4.23. The Hall–Kier alpha value is -1.63. The number of pyridine rings is 1. The fraction of sp³-hybridized carbons (Fsp3) is 0.600. The molecular weight excluding hydrogens is 304 g/mol. The molecule has 0 aliphatic carbocycles. The van der Waals surface area contributed by atoms with Gasteiger partial charge < -0.3 is 9.88 Å². The molecule has 1 amide bonds. The van der Waals surface area contributed by atoms with Crippen molar-refractivity contribution < 1.29 is 13.2 Å². The first-order valence-corrected chi connectivity index (χ1v) is 9.37. The fourth-order valence-corrected chi connectivity index (χ4v) is 4.43. The van der Waals surface area contributed by atoms with Gasteiger partial charge in [0.25, 0.3) is 11.5 Å². The highest BCUT2D eigenvalue weighted by molar-refractivity contribution is 7.91. The van der Waals surface area contributed by atoms with Crippen LogP contribution in [0.3, 0.4) is 0 Å². The molecule has 1 fully saturated rings. The standard InChI is InChI=1S/C15H22N2O4S/c1-3-4-8-17(12-7-9-22(20,21)10-12)15(19)13-6-5-11(2)16-14(13)18/h5-6,12H,3-4,7-10H2,1-2H3,(H,16,18)/t12-/m1/s1. The third-order valence-electron chi connectivity index (χ3n) is 3.95. The van der Waals surface area contributed by atoms with Crippen molar-refractivity contribution in [3.8, 4) is 0 Å². The van der Waals surface area contributed by atoms with Crippen molar-refractivity contribution in [3.63, 3.8) is 0 Å². The molecule has 0 spiro atoms. The highest BCUT2D eigenvalue weighted by atomic mass is 32.2. The van der Waals surface area contributed by atoms with Crippen molar-refractivity contribution in [1.82, 2.24) is 9.88 Å². The lowest BCUT2D eigenvalue weighted by Crippen LogP contribution is -2.43. The topological polar surface area (TPSA) is 87.3 Å². The summed E-state index contributed by atoms with van der Waals surface area (Å²) >= 11 is 0. The molecular formula is C15H22N2O4S. The predicted molar refractivity (Wildman–Crippen MR) is 84.8 cm³/mol. The summed E-state index contributed by atoms with van der Waals surface area (Å²) in [5, 5.41) is 0. The Morgan fingerprint density at radius 1 is 1.41 bits per heavy atom. The summed E-state index contributed by atoms with van der Waals surface area (Å²) in [6.07, 6.45) is 2.13. The normalized spacial score (nSPS) is 20.0. The third kappa shape index (κ3) is 3.76. The molecule has 0 unspecified atom stereocenters. The van der Waals surface area contributed by atoms with E-state index in [2.05, 4.69) is 4.98 Å². The highest BCUT2D eigenvalue weighted by Crippen LogP contribution is 2.20. The van der Waals surface area contributed by atoms with Gasteiger partial charge in [-0.1, -0.05) is 13.3 Å². The van der Waals surface area contributed by atoms with Gasteiger partial charge in [-0.05, 0) is 31.9 Å². The number of rotatable bonds is 5. The first-order valence-electron chi connectivity index (χ1n) is 7.55. The Bertz CT molecular complexity index is 708. The van der Waals surface area contributed by atoms with E-state index in [0.29, 0.717) is 18.7 Å². The molecule has 2 heterocycles. The van der Waals surface area contributed by atoms with E-state index in [1.165, 1.54) is 6.07 Å². The van der Waals surface area contributed by atoms with Crippen molar-refractivity contribution in [2.45, 2.75) is 39.2 Å². The molecule has 1 saturated heterocycles. The maximum atomic E-state index is 12.7. The Kier molecular flexibility index (Phi) is 5.05. The molecule has 7 heteroatoms. The molecule has 0 aromatic carbocycles. The van der Waals surface area contributed by atoms with Crippen LogP contribution in [0.4, 0.5) is 0 Å². The van der Waals surface area contributed by atoms with E-state index < -0.39 is 15.4 Å². The lowest BCUT2D eigenvalue weighted by molar-refractivity contribution is 0.0692. The molecule has 0 bridgehead atoms. The monoisotopic (exact) mass is 326 g/mol. The Labute approximate surface area is 130 Å². The minimum absolute atomic E-state index is 0.00772. The molecule has 1 atom stereocenters. The number of nitrogens with zero attached hydrogens (tertiary/aromatic N) is 1. The van der Waals surface area contributed by atoms with E-state index in [4.69, 9.17) is 0 Å². The number of hydrogen-bond donors (Lipinski definition) is 1. The van der Waals surface area contributed by atoms with Crippen LogP contribution < -0.4 is 5.56 Å². The number of aromatic nitrogens is 1. The SMILES string of the molecule is CCCCN(C(=O)c1ccc(C)[nH]c1=O)[C@@H]1CCS(=O)(=O)C1. The second kappa shape index (κ2) is 6.64. The third-order valence-corrected chi connectivity index (χ3v) is 5.70. The molecule has 22 heavy (non-hydrogen) atoms. The van der Waals surface area contributed by atoms with Crippen LogP contribution in [0.25, 0.3) is 0 Å². The first kappa shape index (κ1) is 16.7. The summed E-state index contributed by atoms with van der Waals surface area (Å²) in [5.41, 5.74) is 0.337. The van der Waals surface area contributed by atoms with Crippen LogP contribution in [0, 0.1) is 6.92 Å². The van der Waals surface area contributed by atoms with Gasteiger partial charge in [-0.15, -0.1) is 0 Å². The Balaban J connectivity index is 2.28. The van der Waals surface area contributed by atoms with Gasteiger partial charge in [0.05, 0.1) is 11.5 Å². The maximum Gasteiger partial charge on any atom is 0.260 e. The van der Waals surface area contributed by atoms with Crippen LogP contribution in [0.5, 0.6) is 0 Å². The summed E-state index contributed by atoms with van der Waals surface area (Å²) in [7, 11) is -3.08. The van der Waals surface area contributed by atoms with Crippen LogP contribution in [-0.2, 0) is 9.84 Å². The fourth-order valence-electron chi connectivity index (χ4n) is 2.69. The lowest BCUT2D eigenvalue weighted by Gasteiger charge is -2.28. The smallest absolute Gasteiger partial charge is 0.260 e. The van der Waals surface area contributed by atoms with Crippen LogP contribution in [0.2, 0.25) is 0 Å². The molecule has 1 aliphatic rings. The van der Waals surface area contributed by atoms with Crippen molar-refractivity contribution >= 4 is 15.7 Å². The number of amides is 1. The number of aryl methyl sites for hydroxylation is 1. The summed E-state index contributed by atoms with van der Waals surface area (Å²) in [6, 6.07) is 2.86. The zero-order chi connectivity index (χ0) is 16.3. The van der Waals surface area contributed by atoms with Gasteiger partial charge in [0.1, 0.15) is 5.56 Å². The number of carbonyl (C=O) groups is 1. The minimum Gasteiger partial charge on any atom is -0.334 e. The zero-order valence-corrected chi connectivity index (χ0v) is 13.8. The van der Waals surface area contributed by atoms with E-state index in [1.807, 2.05) is 6.92 Å². The molecule has 2 rings (SSSR count). The van der Waals surface area contributed by atoms with Crippen molar-refractivity contribution in [3.05, 3.63) is 33.7 Å². The maximum absolute atomic E-state index is 12.7. The Morgan fingerprint density at radius 2 is 2.14 bits per heavy atom. The van der Waals surface area contributed by atoms with Crippen LogP contribution >= 0.6 is 0 Å². The summed E-state index contributed by atoms with van der Waals surface area (Å²) in [4.78, 5) is 28.9. The second-order valence-corrected chi connectivity index (χ2v) is 8.02. The number of unbranched alkanes of at least 4 members (excludes halogenated alkanes) is 1. The van der Waals surface area contributed by atoms with E-state index in [9.17, 15) is 18.0 Å². The molecule has 122 valence electrons. The molecule has 1 N–H and O–H groups in total. The van der Waals surface area contributed by atoms with E-state index in [-0.39, 0.29) is 29.0 Å². The van der Waals surface area contributed by atoms with Gasteiger partial charge >= 0.3 is 0 Å². The number of sulfone groups is 1. The number of nitrogens with one attached hydrogen (secondary N) is 1. The van der Waals surface area contributed by atoms with E-state index >= 15 is 0 Å². The predicted octanol–water partition coefficient (Wildman–Crippen LogP) is 1.11. The average molecular weight is 326 g/mol. The van der Waals surface area contributed by atoms with Crippen LogP contribution in [-0.4, -0.2) is 48.3 Å². The first-order chi connectivity index (χ1) is 10.3. The number of aromatic amines is 1. The number of H-pyrrole nitrogens is 1. The largest absolute Gasteiger partial charge is 0.334 e. The minimum atomic E-state index is -3.08. The molecule has 1 aromatic heterocycles. The van der Waals surface area contributed by atoms with Gasteiger partial charge in [0.2, 0.25) is 0 Å². The molecule has 0 saturated carbocycles. The summed E-state index contributed by atoms with van der Waals surface area (Å²) < 4.78 is 23.4. The van der Waals surface area contributed by atoms with Crippen LogP contribution in [0.15, 0.2) is 16.9 Å². The van der Waals surface area contributed by atoms with E-state index in [0.717, 1.165) is 12.8 Å². The second-order valence-electron chi connectivity index (χ2n) is 5.79. The zero-order valence-electron chi connectivity index (χ0n) is 13.0. The number of hydrogen-bond acceptors (Lipinski definition) is 4. The molecule has 6 nitrogen and oxygen atoms in total. The van der Waals surface area contributed by atoms with Crippen molar-refractivity contribution in [2.24, 2.45) is 0 Å². The number of carbonyl (C=O) groups excluding carboxylic acids is 1. The average Bonchev–Trinajstić information content (AvgIpc) is 2.79. The quantitative estimate of drug-likeness (QED) is 0.878. The van der Waals surface area contributed by atoms with Crippen LogP contribution in [0.1, 0.15) is 42.2 Å². The van der Waals surface area contributed by atoms with Gasteiger partial charge in [-0.25, -0.2) is 8.42 Å².